The van der Waals surface area contributed by atoms with Crippen molar-refractivity contribution in [2.75, 3.05) is 19.5 Å². The number of aromatic nitrogens is 2. The van der Waals surface area contributed by atoms with E-state index in [0.29, 0.717) is 24.3 Å². The fraction of sp³-hybridized carbons (Fsp3) is 0.650. The minimum absolute atomic E-state index is 0.0326. The van der Waals surface area contributed by atoms with Gasteiger partial charge in [0.2, 0.25) is 11.8 Å². The summed E-state index contributed by atoms with van der Waals surface area (Å²) < 4.78 is 32.9. The number of ether oxygens (including phenoxy) is 1. The molecule has 170 valence electrons. The van der Waals surface area contributed by atoms with E-state index >= 15 is 0 Å². The van der Waals surface area contributed by atoms with Crippen LogP contribution in [-0.4, -0.2) is 55.4 Å². The number of nitrogens with zero attached hydrogens (tertiary/aromatic N) is 2. The maximum atomic E-state index is 12.5. The van der Waals surface area contributed by atoms with Gasteiger partial charge in [0.25, 0.3) is 16.0 Å². The molecule has 2 aliphatic rings. The standard InChI is InChI=1S/C20H28N4O6S/c1-20(2,11-30-31(3,27)28)15(21)8-16(25)24-18(26)14-9-22-17(13-6-7-13)19(23-14)29-10-12-4-5-12/h9,12-13,21H,4-8,10-11H2,1-3H3,(H,24,25,26). The summed E-state index contributed by atoms with van der Waals surface area (Å²) in [7, 11) is -3.67. The molecular formula is C20H28N4O6S. The van der Waals surface area contributed by atoms with Gasteiger partial charge in [0.1, 0.15) is 5.69 Å². The third-order valence-corrected chi connectivity index (χ3v) is 5.70. The number of imide groups is 1. The lowest BCUT2D eigenvalue weighted by Gasteiger charge is -2.24. The van der Waals surface area contributed by atoms with Crippen LogP contribution in [-0.2, 0) is 19.1 Å². The molecule has 3 rings (SSSR count). The monoisotopic (exact) mass is 452 g/mol. The first-order valence-electron chi connectivity index (χ1n) is 10.2. The molecule has 2 aliphatic carbocycles. The predicted octanol–water partition coefficient (Wildman–Crippen LogP) is 1.81. The molecule has 1 aromatic rings. The Bertz CT molecular complexity index is 983. The summed E-state index contributed by atoms with van der Waals surface area (Å²) in [6.07, 6.45) is 6.13. The molecule has 2 saturated carbocycles. The van der Waals surface area contributed by atoms with Crippen LogP contribution in [0.1, 0.15) is 68.1 Å². The Morgan fingerprint density at radius 1 is 1.26 bits per heavy atom. The number of carbonyl (C=O) groups is 2. The van der Waals surface area contributed by atoms with E-state index in [9.17, 15) is 18.0 Å². The Kier molecular flexibility index (Phi) is 6.75. The van der Waals surface area contributed by atoms with Crippen LogP contribution in [0.3, 0.4) is 0 Å². The highest BCUT2D eigenvalue weighted by atomic mass is 32.2. The molecule has 0 bridgehead atoms. The summed E-state index contributed by atoms with van der Waals surface area (Å²) in [5, 5.41) is 10.3. The van der Waals surface area contributed by atoms with E-state index in [1.807, 2.05) is 0 Å². The van der Waals surface area contributed by atoms with Gasteiger partial charge in [-0.2, -0.15) is 8.42 Å². The summed E-state index contributed by atoms with van der Waals surface area (Å²) in [6, 6.07) is 0. The van der Waals surface area contributed by atoms with Gasteiger partial charge < -0.3 is 10.1 Å². The molecule has 11 heteroatoms. The lowest BCUT2D eigenvalue weighted by Crippen LogP contribution is -2.37. The summed E-state index contributed by atoms with van der Waals surface area (Å²) in [6.45, 7) is 3.43. The third-order valence-electron chi connectivity index (χ3n) is 5.16. The normalized spacial score (nSPS) is 16.6. The quantitative estimate of drug-likeness (QED) is 0.381. The van der Waals surface area contributed by atoms with Crippen molar-refractivity contribution in [1.29, 1.82) is 5.41 Å². The Hall–Kier alpha value is -2.40. The molecule has 10 nitrogen and oxygen atoms in total. The molecule has 1 aromatic heterocycles. The maximum Gasteiger partial charge on any atom is 0.278 e. The highest BCUT2D eigenvalue weighted by Gasteiger charge is 2.32. The topological polar surface area (TPSA) is 148 Å². The minimum Gasteiger partial charge on any atom is -0.476 e. The zero-order chi connectivity index (χ0) is 22.8. The number of carbonyl (C=O) groups excluding carboxylic acids is 2. The third kappa shape index (κ3) is 7.06. The molecule has 31 heavy (non-hydrogen) atoms. The van der Waals surface area contributed by atoms with Crippen LogP contribution in [0, 0.1) is 16.7 Å². The van der Waals surface area contributed by atoms with Crippen LogP contribution in [0.5, 0.6) is 5.88 Å². The molecule has 0 unspecified atom stereocenters. The van der Waals surface area contributed by atoms with Crippen LogP contribution < -0.4 is 10.1 Å². The summed E-state index contributed by atoms with van der Waals surface area (Å²) in [5.41, 5.74) is -0.350. The Labute approximate surface area is 181 Å². The molecule has 2 fully saturated rings. The highest BCUT2D eigenvalue weighted by molar-refractivity contribution is 7.85. The summed E-state index contributed by atoms with van der Waals surface area (Å²) in [4.78, 5) is 33.4. The van der Waals surface area contributed by atoms with E-state index in [1.54, 1.807) is 13.8 Å². The van der Waals surface area contributed by atoms with Crippen LogP contribution >= 0.6 is 0 Å². The van der Waals surface area contributed by atoms with Gasteiger partial charge in [-0.3, -0.25) is 24.1 Å². The van der Waals surface area contributed by atoms with E-state index in [0.717, 1.165) is 37.6 Å². The number of hydrogen-bond donors (Lipinski definition) is 2. The van der Waals surface area contributed by atoms with Crippen molar-refractivity contribution in [1.82, 2.24) is 15.3 Å². The SMILES string of the molecule is CC(C)(COS(C)(=O)=O)C(=N)CC(=O)NC(=O)c1cnc(C2CC2)c(OCC2CC2)n1. The lowest BCUT2D eigenvalue weighted by atomic mass is 9.86. The first kappa shape index (κ1) is 23.3. The number of rotatable bonds is 11. The van der Waals surface area contributed by atoms with Gasteiger partial charge in [-0.1, -0.05) is 13.8 Å². The largest absolute Gasteiger partial charge is 0.476 e. The molecular weight excluding hydrogens is 424 g/mol. The number of hydrogen-bond acceptors (Lipinski definition) is 9. The fourth-order valence-electron chi connectivity index (χ4n) is 2.69. The second-order valence-electron chi connectivity index (χ2n) is 8.86. The maximum absolute atomic E-state index is 12.5. The highest BCUT2D eigenvalue weighted by Crippen LogP contribution is 2.42. The van der Waals surface area contributed by atoms with Gasteiger partial charge in [0.15, 0.2) is 5.69 Å². The van der Waals surface area contributed by atoms with Gasteiger partial charge in [-0.15, -0.1) is 0 Å². The van der Waals surface area contributed by atoms with Crippen molar-refractivity contribution in [3.63, 3.8) is 0 Å². The first-order chi connectivity index (χ1) is 14.4. The smallest absolute Gasteiger partial charge is 0.278 e. The van der Waals surface area contributed by atoms with E-state index in [4.69, 9.17) is 14.3 Å². The lowest BCUT2D eigenvalue weighted by molar-refractivity contribution is -0.119. The van der Waals surface area contributed by atoms with Gasteiger partial charge in [-0.25, -0.2) is 4.98 Å². The summed E-state index contributed by atoms with van der Waals surface area (Å²) >= 11 is 0. The van der Waals surface area contributed by atoms with E-state index in [1.165, 1.54) is 6.20 Å². The number of amides is 2. The zero-order valence-corrected chi connectivity index (χ0v) is 18.8. The van der Waals surface area contributed by atoms with Gasteiger partial charge in [-0.05, 0) is 31.6 Å². The van der Waals surface area contributed by atoms with Crippen molar-refractivity contribution < 1.29 is 26.9 Å². The number of nitrogens with one attached hydrogen (secondary N) is 2. The average Bonchev–Trinajstić information content (AvgIpc) is 3.58. The van der Waals surface area contributed by atoms with Crippen molar-refractivity contribution in [2.45, 2.75) is 51.9 Å². The van der Waals surface area contributed by atoms with Gasteiger partial charge in [0, 0.05) is 17.0 Å². The second-order valence-corrected chi connectivity index (χ2v) is 10.5. The molecule has 1 heterocycles. The Balaban J connectivity index is 1.59. The van der Waals surface area contributed by atoms with Crippen LogP contribution in [0.4, 0.5) is 0 Å². The van der Waals surface area contributed by atoms with E-state index in [2.05, 4.69) is 15.3 Å². The van der Waals surface area contributed by atoms with Crippen molar-refractivity contribution in [3.8, 4) is 5.88 Å². The second kappa shape index (κ2) is 8.99. The zero-order valence-electron chi connectivity index (χ0n) is 17.9. The van der Waals surface area contributed by atoms with Crippen molar-refractivity contribution in [3.05, 3.63) is 17.6 Å². The molecule has 0 aromatic carbocycles. The summed E-state index contributed by atoms with van der Waals surface area (Å²) in [5.74, 6) is -0.252. The first-order valence-corrected chi connectivity index (χ1v) is 12.0. The predicted molar refractivity (Wildman–Crippen MR) is 112 cm³/mol. The van der Waals surface area contributed by atoms with Crippen LogP contribution in [0.2, 0.25) is 0 Å². The van der Waals surface area contributed by atoms with Gasteiger partial charge in [0.05, 0.1) is 32.1 Å². The Morgan fingerprint density at radius 2 is 1.94 bits per heavy atom. The van der Waals surface area contributed by atoms with E-state index < -0.39 is 27.3 Å². The molecule has 0 radical (unpaired) electrons. The fourth-order valence-corrected chi connectivity index (χ4v) is 3.20. The molecule has 0 atom stereocenters. The molecule has 0 saturated heterocycles. The Morgan fingerprint density at radius 3 is 2.52 bits per heavy atom. The van der Waals surface area contributed by atoms with Crippen molar-refractivity contribution >= 4 is 27.6 Å². The average molecular weight is 453 g/mol. The molecule has 0 spiro atoms. The van der Waals surface area contributed by atoms with Gasteiger partial charge >= 0.3 is 0 Å². The molecule has 2 N–H and O–H groups in total. The molecule has 2 amide bonds. The van der Waals surface area contributed by atoms with Crippen LogP contribution in [0.25, 0.3) is 0 Å². The van der Waals surface area contributed by atoms with E-state index in [-0.39, 0.29) is 24.4 Å². The van der Waals surface area contributed by atoms with Crippen molar-refractivity contribution in [2.24, 2.45) is 11.3 Å². The molecule has 0 aliphatic heterocycles. The van der Waals surface area contributed by atoms with Crippen LogP contribution in [0.15, 0.2) is 6.20 Å². The minimum atomic E-state index is -3.67.